The Morgan fingerprint density at radius 1 is 1.24 bits per heavy atom. The predicted octanol–water partition coefficient (Wildman–Crippen LogP) is 2.01. The number of carbonyl (C=O) groups is 2. The van der Waals surface area contributed by atoms with Gasteiger partial charge in [-0.2, -0.15) is 0 Å². The van der Waals surface area contributed by atoms with Crippen LogP contribution in [0.3, 0.4) is 0 Å². The van der Waals surface area contributed by atoms with Crippen molar-refractivity contribution < 1.29 is 9.59 Å². The van der Waals surface area contributed by atoms with Crippen LogP contribution in [0.4, 0.5) is 5.69 Å². The number of hydrogen-bond acceptors (Lipinski definition) is 3. The largest absolute Gasteiger partial charge is 0.387 e. The van der Waals surface area contributed by atoms with Gasteiger partial charge in [-0.15, -0.1) is 0 Å². The fourth-order valence-electron chi connectivity index (χ4n) is 1.78. The van der Waals surface area contributed by atoms with E-state index < -0.39 is 0 Å². The Balaban J connectivity index is 2.70. The molecule has 0 aliphatic carbocycles. The van der Waals surface area contributed by atoms with Crippen LogP contribution in [0.1, 0.15) is 15.9 Å². The highest BCUT2D eigenvalue weighted by Crippen LogP contribution is 2.33. The van der Waals surface area contributed by atoms with Crippen LogP contribution in [0, 0.1) is 0 Å². The Morgan fingerprint density at radius 3 is 2.47 bits per heavy atom. The van der Waals surface area contributed by atoms with Gasteiger partial charge in [-0.05, 0) is 12.1 Å². The van der Waals surface area contributed by atoms with Crippen molar-refractivity contribution in [2.45, 2.75) is 0 Å². The molecule has 2 amide bonds. The maximum atomic E-state index is 11.9. The van der Waals surface area contributed by atoms with Gasteiger partial charge in [0.2, 0.25) is 0 Å². The van der Waals surface area contributed by atoms with E-state index in [0.29, 0.717) is 27.4 Å². The fraction of sp³-hybridized carbons (Fsp3) is 0.167. The molecule has 1 aromatic carbocycles. The van der Waals surface area contributed by atoms with Crippen LogP contribution in [0.2, 0.25) is 5.02 Å². The second kappa shape index (κ2) is 3.89. The van der Waals surface area contributed by atoms with Crippen molar-refractivity contribution in [3.8, 4) is 0 Å². The van der Waals surface area contributed by atoms with Crippen LogP contribution in [-0.2, 0) is 4.79 Å². The average Bonchev–Trinajstić information content (AvgIpc) is 2.33. The Labute approximate surface area is 104 Å². The molecule has 0 unspecified atom stereocenters. The highest BCUT2D eigenvalue weighted by molar-refractivity contribution is 6.35. The number of likely N-dealkylation sites (N-methyl/N-ethyl adjacent to an activating group) is 1. The Morgan fingerprint density at radius 2 is 1.88 bits per heavy atom. The SMILES string of the molecule is C=C1C(=O)N(C)C(=O)c2cc(Cl)c(NC)cc21. The highest BCUT2D eigenvalue weighted by Gasteiger charge is 2.31. The number of fused-ring (bicyclic) bond motifs is 1. The molecule has 0 atom stereocenters. The lowest BCUT2D eigenvalue weighted by atomic mass is 9.94. The van der Waals surface area contributed by atoms with E-state index in [1.165, 1.54) is 7.05 Å². The number of rotatable bonds is 1. The zero-order chi connectivity index (χ0) is 12.7. The summed E-state index contributed by atoms with van der Waals surface area (Å²) in [5.74, 6) is -0.742. The first-order chi connectivity index (χ1) is 7.97. The van der Waals surface area contributed by atoms with E-state index in [4.69, 9.17) is 11.6 Å². The zero-order valence-electron chi connectivity index (χ0n) is 9.50. The highest BCUT2D eigenvalue weighted by atomic mass is 35.5. The molecule has 4 nitrogen and oxygen atoms in total. The normalized spacial score (nSPS) is 15.0. The maximum Gasteiger partial charge on any atom is 0.261 e. The van der Waals surface area contributed by atoms with E-state index >= 15 is 0 Å². The van der Waals surface area contributed by atoms with E-state index in [1.54, 1.807) is 19.2 Å². The van der Waals surface area contributed by atoms with Gasteiger partial charge in [0, 0.05) is 30.8 Å². The van der Waals surface area contributed by atoms with Crippen molar-refractivity contribution in [1.82, 2.24) is 4.90 Å². The first-order valence-corrected chi connectivity index (χ1v) is 5.38. The van der Waals surface area contributed by atoms with Crippen molar-refractivity contribution in [3.05, 3.63) is 34.9 Å². The molecule has 1 heterocycles. The number of amides is 2. The van der Waals surface area contributed by atoms with E-state index in [2.05, 4.69) is 11.9 Å². The summed E-state index contributed by atoms with van der Waals surface area (Å²) in [6, 6.07) is 3.22. The minimum atomic E-state index is -0.383. The Bertz CT molecular complexity index is 552. The molecule has 0 saturated carbocycles. The topological polar surface area (TPSA) is 49.4 Å². The lowest BCUT2D eigenvalue weighted by molar-refractivity contribution is -0.121. The van der Waals surface area contributed by atoms with E-state index in [-0.39, 0.29) is 11.8 Å². The van der Waals surface area contributed by atoms with Crippen LogP contribution in [0.5, 0.6) is 0 Å². The number of carbonyl (C=O) groups excluding carboxylic acids is 2. The van der Waals surface area contributed by atoms with Gasteiger partial charge in [0.1, 0.15) is 0 Å². The molecule has 17 heavy (non-hydrogen) atoms. The van der Waals surface area contributed by atoms with Crippen LogP contribution in [0.25, 0.3) is 5.57 Å². The van der Waals surface area contributed by atoms with Crippen molar-refractivity contribution >= 4 is 34.7 Å². The number of imide groups is 1. The van der Waals surface area contributed by atoms with Crippen LogP contribution >= 0.6 is 11.6 Å². The average molecular weight is 251 g/mol. The molecule has 88 valence electrons. The predicted molar refractivity (Wildman–Crippen MR) is 67.1 cm³/mol. The summed E-state index contributed by atoms with van der Waals surface area (Å²) < 4.78 is 0. The van der Waals surface area contributed by atoms with Crippen molar-refractivity contribution in [2.75, 3.05) is 19.4 Å². The smallest absolute Gasteiger partial charge is 0.261 e. The molecule has 1 aliphatic heterocycles. The molecule has 0 spiro atoms. The third-order valence-electron chi connectivity index (χ3n) is 2.80. The summed E-state index contributed by atoms with van der Waals surface area (Å²) >= 11 is 6.01. The number of nitrogens with one attached hydrogen (secondary N) is 1. The summed E-state index contributed by atoms with van der Waals surface area (Å²) in [6.07, 6.45) is 0. The number of hydrogen-bond donors (Lipinski definition) is 1. The molecule has 0 bridgehead atoms. The van der Waals surface area contributed by atoms with Crippen molar-refractivity contribution in [1.29, 1.82) is 0 Å². The molecule has 1 aliphatic rings. The van der Waals surface area contributed by atoms with Crippen LogP contribution < -0.4 is 5.32 Å². The summed E-state index contributed by atoms with van der Waals surface area (Å²) in [5, 5.41) is 3.34. The van der Waals surface area contributed by atoms with Gasteiger partial charge in [0.05, 0.1) is 10.7 Å². The van der Waals surface area contributed by atoms with E-state index in [1.807, 2.05) is 0 Å². The van der Waals surface area contributed by atoms with Gasteiger partial charge in [-0.3, -0.25) is 14.5 Å². The van der Waals surface area contributed by atoms with E-state index in [9.17, 15) is 9.59 Å². The molecule has 2 rings (SSSR count). The maximum absolute atomic E-state index is 11.9. The second-order valence-corrected chi connectivity index (χ2v) is 4.18. The molecule has 0 fully saturated rings. The van der Waals surface area contributed by atoms with Crippen molar-refractivity contribution in [3.63, 3.8) is 0 Å². The molecule has 5 heteroatoms. The lowest BCUT2D eigenvalue weighted by Gasteiger charge is -2.25. The van der Waals surface area contributed by atoms with Gasteiger partial charge in [-0.25, -0.2) is 0 Å². The first kappa shape index (κ1) is 11.7. The number of anilines is 1. The second-order valence-electron chi connectivity index (χ2n) is 3.78. The number of halogens is 1. The monoisotopic (exact) mass is 250 g/mol. The molecular formula is C12H11ClN2O2. The summed E-state index contributed by atoms with van der Waals surface area (Å²) in [7, 11) is 3.15. The Hall–Kier alpha value is -1.81. The van der Waals surface area contributed by atoms with Gasteiger partial charge < -0.3 is 5.32 Å². The molecule has 1 aromatic rings. The Kier molecular flexibility index (Phi) is 2.67. The molecule has 0 radical (unpaired) electrons. The van der Waals surface area contributed by atoms with E-state index in [0.717, 1.165) is 4.90 Å². The lowest BCUT2D eigenvalue weighted by Crippen LogP contribution is -2.38. The third-order valence-corrected chi connectivity index (χ3v) is 3.11. The number of benzene rings is 1. The zero-order valence-corrected chi connectivity index (χ0v) is 10.3. The van der Waals surface area contributed by atoms with Gasteiger partial charge in [0.15, 0.2) is 0 Å². The number of nitrogens with zero attached hydrogens (tertiary/aromatic N) is 1. The molecule has 0 aromatic heterocycles. The quantitative estimate of drug-likeness (QED) is 0.613. The minimum absolute atomic E-state index is 0.301. The summed E-state index contributed by atoms with van der Waals surface area (Å²) in [4.78, 5) is 24.7. The molecule has 0 saturated heterocycles. The third kappa shape index (κ3) is 1.61. The van der Waals surface area contributed by atoms with Gasteiger partial charge in [0.25, 0.3) is 11.8 Å². The summed E-state index contributed by atoms with van der Waals surface area (Å²) in [5.41, 5.74) is 1.90. The first-order valence-electron chi connectivity index (χ1n) is 5.00. The van der Waals surface area contributed by atoms with Crippen molar-refractivity contribution in [2.24, 2.45) is 0 Å². The summed E-state index contributed by atoms with van der Waals surface area (Å²) in [6.45, 7) is 3.71. The van der Waals surface area contributed by atoms with Crippen LogP contribution in [0.15, 0.2) is 18.7 Å². The molecular weight excluding hydrogens is 240 g/mol. The minimum Gasteiger partial charge on any atom is -0.387 e. The standard InChI is InChI=1S/C12H11ClN2O2/c1-6-7-5-10(14-2)9(13)4-8(7)12(17)15(3)11(6)16/h4-5,14H,1H2,2-3H3. The molecule has 1 N–H and O–H groups in total. The van der Waals surface area contributed by atoms with Gasteiger partial charge >= 0.3 is 0 Å². The van der Waals surface area contributed by atoms with Gasteiger partial charge in [-0.1, -0.05) is 18.2 Å². The van der Waals surface area contributed by atoms with Crippen LogP contribution in [-0.4, -0.2) is 30.8 Å². The fourth-order valence-corrected chi connectivity index (χ4v) is 2.04.